The molecular weight excluding hydrogens is 246 g/mol. The van der Waals surface area contributed by atoms with Crippen LogP contribution in [0, 0.1) is 0 Å². The van der Waals surface area contributed by atoms with E-state index in [0.29, 0.717) is 19.6 Å². The topological polar surface area (TPSA) is 70.0 Å². The molecule has 0 radical (unpaired) electrons. The van der Waals surface area contributed by atoms with Crippen LogP contribution < -0.4 is 0 Å². The quantitative estimate of drug-likeness (QED) is 0.746. The third kappa shape index (κ3) is 3.53. The number of hydrogen-bond donors (Lipinski definition) is 2. The molecule has 2 unspecified atom stereocenters. The molecule has 1 heterocycles. The molecule has 2 rings (SSSR count). The zero-order valence-electron chi connectivity index (χ0n) is 11.0. The number of carbonyl (C=O) groups is 1. The van der Waals surface area contributed by atoms with E-state index in [-0.39, 0.29) is 12.4 Å². The number of β-amino-alcohol motifs (C(OH)–C–C–N with tert-alkyl or cyclic N) is 2. The first-order valence-corrected chi connectivity index (χ1v) is 6.32. The fraction of sp³-hybridized carbons (Fsp3) is 0.500. The normalized spacial score (nSPS) is 23.5. The molecule has 5 nitrogen and oxygen atoms in total. The second kappa shape index (κ2) is 6.14. The lowest BCUT2D eigenvalue weighted by Crippen LogP contribution is -2.22. The van der Waals surface area contributed by atoms with Gasteiger partial charge in [0, 0.05) is 19.6 Å². The number of methoxy groups -OCH3 is 1. The zero-order chi connectivity index (χ0) is 13.8. The Labute approximate surface area is 112 Å². The molecule has 19 heavy (non-hydrogen) atoms. The van der Waals surface area contributed by atoms with Crippen molar-refractivity contribution in [2.75, 3.05) is 20.2 Å². The van der Waals surface area contributed by atoms with Gasteiger partial charge in [0.15, 0.2) is 0 Å². The number of ether oxygens (including phenoxy) is 1. The first kappa shape index (κ1) is 14.0. The number of aliphatic hydroxyl groups is 2. The maximum atomic E-state index is 11.4. The van der Waals surface area contributed by atoms with Crippen molar-refractivity contribution >= 4 is 5.97 Å². The molecule has 0 aliphatic carbocycles. The Morgan fingerprint density at radius 1 is 1.26 bits per heavy atom. The van der Waals surface area contributed by atoms with Crippen molar-refractivity contribution in [2.24, 2.45) is 0 Å². The van der Waals surface area contributed by atoms with E-state index in [2.05, 4.69) is 4.74 Å². The molecule has 1 fully saturated rings. The number of carbonyl (C=O) groups excluding carboxylic acids is 1. The summed E-state index contributed by atoms with van der Waals surface area (Å²) in [5.74, 6) is -0.269. The fourth-order valence-corrected chi connectivity index (χ4v) is 2.33. The van der Waals surface area contributed by atoms with Crippen molar-refractivity contribution < 1.29 is 19.7 Å². The molecule has 104 valence electrons. The molecule has 1 saturated heterocycles. The first-order valence-electron chi connectivity index (χ1n) is 6.32. The Bertz CT molecular complexity index is 439. The lowest BCUT2D eigenvalue weighted by atomic mass is 10.0. The van der Waals surface area contributed by atoms with E-state index in [0.717, 1.165) is 11.1 Å². The molecule has 2 atom stereocenters. The van der Waals surface area contributed by atoms with Crippen molar-refractivity contribution in [3.05, 3.63) is 35.4 Å². The van der Waals surface area contributed by atoms with Gasteiger partial charge in [0.05, 0.1) is 25.7 Å². The average Bonchev–Trinajstić information content (AvgIpc) is 2.70. The van der Waals surface area contributed by atoms with Gasteiger partial charge in [-0.05, 0) is 11.1 Å². The van der Waals surface area contributed by atoms with Crippen LogP contribution >= 0.6 is 0 Å². The van der Waals surface area contributed by atoms with Gasteiger partial charge in [0.1, 0.15) is 0 Å². The molecular formula is C14H19NO4. The smallest absolute Gasteiger partial charge is 0.309 e. The monoisotopic (exact) mass is 265 g/mol. The Kier molecular flexibility index (Phi) is 4.52. The number of esters is 1. The molecule has 0 bridgehead atoms. The Hall–Kier alpha value is -1.43. The van der Waals surface area contributed by atoms with Gasteiger partial charge >= 0.3 is 5.97 Å². The lowest BCUT2D eigenvalue weighted by Gasteiger charge is -2.17. The summed E-state index contributed by atoms with van der Waals surface area (Å²) in [6.45, 7) is 1.52. The van der Waals surface area contributed by atoms with Crippen LogP contribution in [-0.2, 0) is 22.5 Å². The van der Waals surface area contributed by atoms with Crippen molar-refractivity contribution in [3.63, 3.8) is 0 Å². The van der Waals surface area contributed by atoms with Crippen molar-refractivity contribution in [2.45, 2.75) is 25.2 Å². The molecule has 0 aromatic heterocycles. The molecule has 1 aromatic rings. The van der Waals surface area contributed by atoms with E-state index in [1.54, 1.807) is 0 Å². The largest absolute Gasteiger partial charge is 0.469 e. The van der Waals surface area contributed by atoms with Crippen LogP contribution in [0.4, 0.5) is 0 Å². The Morgan fingerprint density at radius 2 is 1.84 bits per heavy atom. The highest BCUT2D eigenvalue weighted by molar-refractivity contribution is 5.72. The summed E-state index contributed by atoms with van der Waals surface area (Å²) in [6, 6.07) is 7.65. The van der Waals surface area contributed by atoms with Gasteiger partial charge in [-0.2, -0.15) is 0 Å². The van der Waals surface area contributed by atoms with Crippen LogP contribution in [0.5, 0.6) is 0 Å². The minimum Gasteiger partial charge on any atom is -0.469 e. The van der Waals surface area contributed by atoms with Gasteiger partial charge in [-0.1, -0.05) is 24.3 Å². The predicted octanol–water partition coefficient (Wildman–Crippen LogP) is -0.0605. The van der Waals surface area contributed by atoms with E-state index in [4.69, 9.17) is 0 Å². The highest BCUT2D eigenvalue weighted by Gasteiger charge is 2.29. The average molecular weight is 265 g/mol. The Balaban J connectivity index is 2.06. The third-order valence-corrected chi connectivity index (χ3v) is 3.41. The van der Waals surface area contributed by atoms with Crippen LogP contribution in [0.2, 0.25) is 0 Å². The molecule has 1 aromatic carbocycles. The predicted molar refractivity (Wildman–Crippen MR) is 69.5 cm³/mol. The standard InChI is InChI=1S/C14H19NO4/c1-19-14(18)6-10-4-2-3-5-11(10)7-15-8-12(16)13(17)9-15/h2-5,12-13,16-17H,6-9H2,1H3. The summed E-state index contributed by atoms with van der Waals surface area (Å²) in [7, 11) is 1.37. The maximum Gasteiger partial charge on any atom is 0.309 e. The number of nitrogens with zero attached hydrogens (tertiary/aromatic N) is 1. The van der Waals surface area contributed by atoms with E-state index >= 15 is 0 Å². The van der Waals surface area contributed by atoms with Gasteiger partial charge in [0.2, 0.25) is 0 Å². The van der Waals surface area contributed by atoms with Crippen LogP contribution in [0.3, 0.4) is 0 Å². The van der Waals surface area contributed by atoms with Crippen LogP contribution in [0.25, 0.3) is 0 Å². The fourth-order valence-electron chi connectivity index (χ4n) is 2.33. The maximum absolute atomic E-state index is 11.4. The molecule has 5 heteroatoms. The van der Waals surface area contributed by atoms with Gasteiger partial charge in [-0.15, -0.1) is 0 Å². The van der Waals surface area contributed by atoms with E-state index < -0.39 is 12.2 Å². The highest BCUT2D eigenvalue weighted by Crippen LogP contribution is 2.17. The van der Waals surface area contributed by atoms with Gasteiger partial charge in [-0.25, -0.2) is 0 Å². The molecule has 0 spiro atoms. The molecule has 1 aliphatic heterocycles. The number of likely N-dealkylation sites (tertiary alicyclic amines) is 1. The number of aliphatic hydroxyl groups excluding tert-OH is 2. The summed E-state index contributed by atoms with van der Waals surface area (Å²) in [6.07, 6.45) is -1.13. The lowest BCUT2D eigenvalue weighted by molar-refractivity contribution is -0.139. The van der Waals surface area contributed by atoms with Crippen molar-refractivity contribution in [3.8, 4) is 0 Å². The summed E-state index contributed by atoms with van der Waals surface area (Å²) >= 11 is 0. The number of benzene rings is 1. The van der Waals surface area contributed by atoms with Crippen LogP contribution in [0.1, 0.15) is 11.1 Å². The molecule has 0 amide bonds. The second-order valence-electron chi connectivity index (χ2n) is 4.85. The van der Waals surface area contributed by atoms with Crippen molar-refractivity contribution in [1.29, 1.82) is 0 Å². The van der Waals surface area contributed by atoms with Crippen LogP contribution in [-0.4, -0.2) is 53.5 Å². The summed E-state index contributed by atoms with van der Waals surface area (Å²) < 4.78 is 4.68. The second-order valence-corrected chi connectivity index (χ2v) is 4.85. The van der Waals surface area contributed by atoms with Crippen molar-refractivity contribution in [1.82, 2.24) is 4.90 Å². The highest BCUT2D eigenvalue weighted by atomic mass is 16.5. The zero-order valence-corrected chi connectivity index (χ0v) is 11.0. The number of hydrogen-bond acceptors (Lipinski definition) is 5. The minimum absolute atomic E-state index is 0.242. The van der Waals surface area contributed by atoms with Gasteiger partial charge < -0.3 is 14.9 Å². The minimum atomic E-state index is -0.687. The molecule has 2 N–H and O–H groups in total. The SMILES string of the molecule is COC(=O)Cc1ccccc1CN1CC(O)C(O)C1. The Morgan fingerprint density at radius 3 is 2.42 bits per heavy atom. The molecule has 0 saturated carbocycles. The number of rotatable bonds is 4. The van der Waals surface area contributed by atoms with Gasteiger partial charge in [-0.3, -0.25) is 9.69 Å². The third-order valence-electron chi connectivity index (χ3n) is 3.41. The summed E-state index contributed by atoms with van der Waals surface area (Å²) in [5, 5.41) is 19.1. The van der Waals surface area contributed by atoms with E-state index in [1.807, 2.05) is 29.2 Å². The first-order chi connectivity index (χ1) is 9.10. The van der Waals surface area contributed by atoms with E-state index in [1.165, 1.54) is 7.11 Å². The van der Waals surface area contributed by atoms with Gasteiger partial charge in [0.25, 0.3) is 0 Å². The van der Waals surface area contributed by atoms with Crippen LogP contribution in [0.15, 0.2) is 24.3 Å². The summed E-state index contributed by atoms with van der Waals surface area (Å²) in [4.78, 5) is 13.3. The molecule has 1 aliphatic rings. The summed E-state index contributed by atoms with van der Waals surface area (Å²) in [5.41, 5.74) is 1.94. The van der Waals surface area contributed by atoms with E-state index in [9.17, 15) is 15.0 Å².